The normalized spacial score (nSPS) is 17.4. The molecule has 3 aromatic carbocycles. The lowest BCUT2D eigenvalue weighted by atomic mass is 9.85. The molecule has 1 fully saturated rings. The van der Waals surface area contributed by atoms with Gasteiger partial charge in [0.2, 0.25) is 0 Å². The summed E-state index contributed by atoms with van der Waals surface area (Å²) < 4.78 is 5.49. The van der Waals surface area contributed by atoms with Crippen LogP contribution in [-0.2, 0) is 15.0 Å². The average molecular weight is 532 g/mol. The maximum atomic E-state index is 13.6. The van der Waals surface area contributed by atoms with Gasteiger partial charge in [0.1, 0.15) is 11.5 Å². The predicted molar refractivity (Wildman–Crippen MR) is 153 cm³/mol. The van der Waals surface area contributed by atoms with E-state index in [4.69, 9.17) is 16.3 Å². The lowest BCUT2D eigenvalue weighted by Crippen LogP contribution is -2.30. The Morgan fingerprint density at radius 2 is 1.68 bits per heavy atom. The zero-order valence-electron chi connectivity index (χ0n) is 22.9. The van der Waals surface area contributed by atoms with Gasteiger partial charge in [0.05, 0.1) is 18.7 Å². The first-order valence-corrected chi connectivity index (χ1v) is 13.1. The van der Waals surface area contributed by atoms with Crippen molar-refractivity contribution in [1.82, 2.24) is 0 Å². The molecule has 1 unspecified atom stereocenters. The molecule has 1 aliphatic heterocycles. The van der Waals surface area contributed by atoms with Crippen LogP contribution in [0, 0.1) is 6.92 Å². The van der Waals surface area contributed by atoms with Crippen LogP contribution in [0.4, 0.5) is 5.69 Å². The van der Waals surface area contributed by atoms with Crippen LogP contribution < -0.4 is 9.64 Å². The Labute approximate surface area is 229 Å². The van der Waals surface area contributed by atoms with Gasteiger partial charge in [0.25, 0.3) is 11.7 Å². The first-order chi connectivity index (χ1) is 17.9. The van der Waals surface area contributed by atoms with Gasteiger partial charge in [-0.25, -0.2) is 0 Å². The first-order valence-electron chi connectivity index (χ1n) is 12.7. The molecule has 1 atom stereocenters. The highest BCUT2D eigenvalue weighted by atomic mass is 35.5. The Bertz CT molecular complexity index is 1430. The average Bonchev–Trinajstić information content (AvgIpc) is 3.14. The molecule has 1 saturated heterocycles. The molecule has 0 radical (unpaired) electrons. The molecule has 1 N–H and O–H groups in total. The van der Waals surface area contributed by atoms with Crippen LogP contribution in [0.5, 0.6) is 5.75 Å². The molecule has 4 rings (SSSR count). The minimum atomic E-state index is -0.828. The molecule has 0 bridgehead atoms. The van der Waals surface area contributed by atoms with Crippen LogP contribution in [0.2, 0.25) is 5.02 Å². The number of ketones is 1. The quantitative estimate of drug-likeness (QED) is 0.208. The van der Waals surface area contributed by atoms with Crippen molar-refractivity contribution in [2.75, 3.05) is 12.0 Å². The Morgan fingerprint density at radius 3 is 2.26 bits per heavy atom. The van der Waals surface area contributed by atoms with Gasteiger partial charge in [-0.15, -0.1) is 0 Å². The van der Waals surface area contributed by atoms with Crippen LogP contribution >= 0.6 is 11.6 Å². The Balaban J connectivity index is 1.97. The number of amides is 1. The van der Waals surface area contributed by atoms with Gasteiger partial charge in [-0.3, -0.25) is 14.5 Å². The summed E-state index contributed by atoms with van der Waals surface area (Å²) in [7, 11) is 1.60. The summed E-state index contributed by atoms with van der Waals surface area (Å²) in [5.74, 6) is -0.857. The molecule has 1 amide bonds. The third-order valence-electron chi connectivity index (χ3n) is 7.16. The van der Waals surface area contributed by atoms with Crippen LogP contribution in [0.1, 0.15) is 74.4 Å². The monoisotopic (exact) mass is 531 g/mol. The second-order valence-electron chi connectivity index (χ2n) is 11.0. The molecular formula is C32H34ClNO4. The van der Waals surface area contributed by atoms with Crippen LogP contribution in [0.25, 0.3) is 5.76 Å². The van der Waals surface area contributed by atoms with Crippen molar-refractivity contribution in [3.8, 4) is 5.75 Å². The van der Waals surface area contributed by atoms with Gasteiger partial charge in [0.15, 0.2) is 0 Å². The molecular weight excluding hydrogens is 498 g/mol. The fraction of sp³-hybridized carbons (Fsp3) is 0.312. The number of methoxy groups -OCH3 is 1. The minimum Gasteiger partial charge on any atom is -0.507 e. The van der Waals surface area contributed by atoms with Crippen molar-refractivity contribution in [1.29, 1.82) is 0 Å². The lowest BCUT2D eigenvalue weighted by Gasteiger charge is -2.28. The molecule has 0 aliphatic carbocycles. The molecule has 0 saturated carbocycles. The van der Waals surface area contributed by atoms with E-state index in [1.165, 1.54) is 4.90 Å². The van der Waals surface area contributed by atoms with Crippen LogP contribution in [-0.4, -0.2) is 23.9 Å². The van der Waals surface area contributed by atoms with Gasteiger partial charge in [-0.2, -0.15) is 0 Å². The SMILES string of the molecule is COc1ccc(/C(O)=C2\C(=O)C(=O)N(c3cccc(Cl)c3C)C2c2ccc(C(C)(C)C)cc2)cc1C(C)C. The van der Waals surface area contributed by atoms with E-state index in [0.29, 0.717) is 27.6 Å². The van der Waals surface area contributed by atoms with Crippen molar-refractivity contribution in [2.45, 2.75) is 58.9 Å². The Morgan fingerprint density at radius 1 is 1.03 bits per heavy atom. The summed E-state index contributed by atoms with van der Waals surface area (Å²) in [5.41, 5.74) is 4.36. The summed E-state index contributed by atoms with van der Waals surface area (Å²) in [6.07, 6.45) is 0. The number of carbonyl (C=O) groups is 2. The summed E-state index contributed by atoms with van der Waals surface area (Å²) in [6.45, 7) is 12.2. The molecule has 198 valence electrons. The molecule has 5 nitrogen and oxygen atoms in total. The van der Waals surface area contributed by atoms with E-state index < -0.39 is 17.7 Å². The summed E-state index contributed by atoms with van der Waals surface area (Å²) in [5, 5.41) is 12.1. The van der Waals surface area contributed by atoms with Crippen LogP contribution in [0.15, 0.2) is 66.2 Å². The number of Topliss-reactive ketones (excluding diaryl/α,β-unsaturated/α-hetero) is 1. The van der Waals surface area contributed by atoms with Crippen molar-refractivity contribution < 1.29 is 19.4 Å². The van der Waals surface area contributed by atoms with Crippen molar-refractivity contribution in [3.05, 3.63) is 99.1 Å². The number of ether oxygens (including phenoxy) is 1. The second kappa shape index (κ2) is 10.3. The zero-order valence-corrected chi connectivity index (χ0v) is 23.7. The summed E-state index contributed by atoms with van der Waals surface area (Å²) in [6, 6.07) is 17.6. The maximum absolute atomic E-state index is 13.6. The molecule has 0 aromatic heterocycles. The smallest absolute Gasteiger partial charge is 0.300 e. The third kappa shape index (κ3) is 4.83. The third-order valence-corrected chi connectivity index (χ3v) is 7.57. The van der Waals surface area contributed by atoms with E-state index >= 15 is 0 Å². The zero-order chi connectivity index (χ0) is 27.9. The second-order valence-corrected chi connectivity index (χ2v) is 11.4. The van der Waals surface area contributed by atoms with E-state index in [1.54, 1.807) is 37.4 Å². The van der Waals surface area contributed by atoms with E-state index in [1.807, 2.05) is 51.1 Å². The number of halogens is 1. The topological polar surface area (TPSA) is 66.8 Å². The number of benzene rings is 3. The van der Waals surface area contributed by atoms with E-state index in [-0.39, 0.29) is 22.7 Å². The number of rotatable bonds is 5. The summed E-state index contributed by atoms with van der Waals surface area (Å²) in [4.78, 5) is 28.6. The largest absolute Gasteiger partial charge is 0.507 e. The molecule has 1 heterocycles. The number of anilines is 1. The van der Waals surface area contributed by atoms with E-state index in [0.717, 1.165) is 16.7 Å². The standard InChI is InChI=1S/C32H34ClNO4/c1-18(2)23-17-21(13-16-26(23)38-7)29(35)27-28(20-11-14-22(15-12-20)32(4,5)6)34(31(37)30(27)36)25-10-8-9-24(33)19(25)3/h8-18,28,35H,1-7H3/b29-27+. The van der Waals surface area contributed by atoms with E-state index in [9.17, 15) is 14.7 Å². The number of carbonyl (C=O) groups excluding carboxylic acids is 2. The van der Waals surface area contributed by atoms with Crippen LogP contribution in [0.3, 0.4) is 0 Å². The highest BCUT2D eigenvalue weighted by Gasteiger charge is 2.47. The number of hydrogen-bond acceptors (Lipinski definition) is 4. The highest BCUT2D eigenvalue weighted by molar-refractivity contribution is 6.52. The predicted octanol–water partition coefficient (Wildman–Crippen LogP) is 7.70. The Hall–Kier alpha value is -3.57. The molecule has 1 aliphatic rings. The fourth-order valence-electron chi connectivity index (χ4n) is 4.91. The van der Waals surface area contributed by atoms with E-state index in [2.05, 4.69) is 20.8 Å². The lowest BCUT2D eigenvalue weighted by molar-refractivity contribution is -0.132. The summed E-state index contributed by atoms with van der Waals surface area (Å²) >= 11 is 6.42. The number of nitrogens with zero attached hydrogens (tertiary/aromatic N) is 1. The van der Waals surface area contributed by atoms with Gasteiger partial charge >= 0.3 is 0 Å². The van der Waals surface area contributed by atoms with Crippen molar-refractivity contribution in [2.24, 2.45) is 0 Å². The number of hydrogen-bond donors (Lipinski definition) is 1. The Kier molecular flexibility index (Phi) is 7.44. The van der Waals surface area contributed by atoms with Gasteiger partial charge < -0.3 is 9.84 Å². The fourth-order valence-corrected chi connectivity index (χ4v) is 5.08. The number of aliphatic hydroxyl groups excluding tert-OH is 1. The maximum Gasteiger partial charge on any atom is 0.300 e. The molecule has 38 heavy (non-hydrogen) atoms. The molecule has 0 spiro atoms. The van der Waals surface area contributed by atoms with Gasteiger partial charge in [-0.1, -0.05) is 76.6 Å². The first kappa shape index (κ1) is 27.5. The van der Waals surface area contributed by atoms with Gasteiger partial charge in [0, 0.05) is 16.3 Å². The van der Waals surface area contributed by atoms with Crippen molar-refractivity contribution >= 4 is 34.7 Å². The molecule has 3 aromatic rings. The highest BCUT2D eigenvalue weighted by Crippen LogP contribution is 2.44. The van der Waals surface area contributed by atoms with Gasteiger partial charge in [-0.05, 0) is 70.8 Å². The number of aliphatic hydroxyl groups is 1. The minimum absolute atomic E-state index is 0.0396. The molecule has 6 heteroatoms. The van der Waals surface area contributed by atoms with Crippen molar-refractivity contribution in [3.63, 3.8) is 0 Å².